The van der Waals surface area contributed by atoms with E-state index in [1.54, 1.807) is 23.4 Å². The second kappa shape index (κ2) is 6.06. The van der Waals surface area contributed by atoms with Crippen LogP contribution in [0.5, 0.6) is 0 Å². The first kappa shape index (κ1) is 13.9. The number of rotatable bonds is 4. The monoisotopic (exact) mass is 270 g/mol. The van der Waals surface area contributed by atoms with Gasteiger partial charge in [-0.25, -0.2) is 0 Å². The maximum absolute atomic E-state index is 12.1. The molecule has 1 aromatic carbocycles. The van der Waals surface area contributed by atoms with E-state index < -0.39 is 0 Å². The fourth-order valence-corrected chi connectivity index (χ4v) is 1.95. The van der Waals surface area contributed by atoms with E-state index >= 15 is 0 Å². The van der Waals surface area contributed by atoms with Crippen molar-refractivity contribution in [1.29, 1.82) is 0 Å². The van der Waals surface area contributed by atoms with E-state index in [2.05, 4.69) is 10.3 Å². The van der Waals surface area contributed by atoms with Crippen molar-refractivity contribution in [2.75, 3.05) is 29.5 Å². The largest absolute Gasteiger partial charge is 0.396 e. The van der Waals surface area contributed by atoms with Gasteiger partial charge in [-0.05, 0) is 24.6 Å². The lowest BCUT2D eigenvalue weighted by Gasteiger charge is -2.20. The van der Waals surface area contributed by atoms with Crippen LogP contribution in [0.4, 0.5) is 17.1 Å². The summed E-state index contributed by atoms with van der Waals surface area (Å²) in [7, 11) is 1.82. The molecule has 0 unspecified atom stereocenters. The number of likely N-dealkylation sites (N-methyl/N-ethyl adjacent to an activating group) is 1. The Balaban J connectivity index is 2.02. The van der Waals surface area contributed by atoms with Crippen molar-refractivity contribution in [1.82, 2.24) is 4.98 Å². The minimum atomic E-state index is -0.0852. The van der Waals surface area contributed by atoms with Crippen LogP contribution >= 0.6 is 0 Å². The summed E-state index contributed by atoms with van der Waals surface area (Å²) in [4.78, 5) is 17.8. The van der Waals surface area contributed by atoms with E-state index in [0.29, 0.717) is 5.69 Å². The highest BCUT2D eigenvalue weighted by Crippen LogP contribution is 2.20. The van der Waals surface area contributed by atoms with Gasteiger partial charge in [-0.3, -0.25) is 9.78 Å². The number of carbonyl (C=O) groups is 1. The van der Waals surface area contributed by atoms with Gasteiger partial charge in [-0.15, -0.1) is 0 Å². The molecule has 0 saturated carbocycles. The van der Waals surface area contributed by atoms with E-state index in [1.807, 2.05) is 38.2 Å². The van der Waals surface area contributed by atoms with Gasteiger partial charge in [0.2, 0.25) is 5.91 Å². The molecule has 1 heterocycles. The van der Waals surface area contributed by atoms with Gasteiger partial charge in [0.05, 0.1) is 24.1 Å². The minimum Gasteiger partial charge on any atom is -0.396 e. The molecule has 0 atom stereocenters. The summed E-state index contributed by atoms with van der Waals surface area (Å²) in [5.74, 6) is -0.0852. The number of aryl methyl sites for hydroxylation is 1. The number of carbonyl (C=O) groups excluding carboxylic acids is 1. The Bertz CT molecular complexity index is 612. The number of nitrogens with zero attached hydrogens (tertiary/aromatic N) is 2. The lowest BCUT2D eigenvalue weighted by molar-refractivity contribution is -0.114. The molecular formula is C15H18N4O. The van der Waals surface area contributed by atoms with Crippen LogP contribution in [0.1, 0.15) is 5.56 Å². The van der Waals surface area contributed by atoms with Crippen LogP contribution in [0.15, 0.2) is 42.7 Å². The second-order valence-electron chi connectivity index (χ2n) is 4.65. The number of nitrogens with one attached hydrogen (secondary N) is 1. The van der Waals surface area contributed by atoms with Crippen molar-refractivity contribution in [2.24, 2.45) is 0 Å². The molecule has 5 heteroatoms. The van der Waals surface area contributed by atoms with Crippen molar-refractivity contribution in [3.8, 4) is 0 Å². The quantitative estimate of drug-likeness (QED) is 0.892. The fourth-order valence-electron chi connectivity index (χ4n) is 1.95. The first-order chi connectivity index (χ1) is 9.58. The number of hydrogen-bond acceptors (Lipinski definition) is 4. The third kappa shape index (κ3) is 3.26. The Labute approximate surface area is 118 Å². The van der Waals surface area contributed by atoms with Crippen LogP contribution in [0.3, 0.4) is 0 Å². The molecule has 0 fully saturated rings. The van der Waals surface area contributed by atoms with Gasteiger partial charge >= 0.3 is 0 Å². The standard InChI is InChI=1S/C15H18N4O/c1-11-5-3-4-6-13(11)18-15(20)10-19(2)14-7-8-17-9-12(14)16/h3-9H,10,16H2,1-2H3,(H,18,20). The maximum atomic E-state index is 12.1. The van der Waals surface area contributed by atoms with Crippen LogP contribution in [0.2, 0.25) is 0 Å². The molecule has 0 bridgehead atoms. The smallest absolute Gasteiger partial charge is 0.243 e. The molecule has 104 valence electrons. The Morgan fingerprint density at radius 1 is 1.35 bits per heavy atom. The zero-order chi connectivity index (χ0) is 14.5. The minimum absolute atomic E-state index is 0.0852. The summed E-state index contributed by atoms with van der Waals surface area (Å²) >= 11 is 0. The number of para-hydroxylation sites is 1. The molecule has 0 radical (unpaired) electrons. The predicted octanol–water partition coefficient (Wildman–Crippen LogP) is 2.05. The van der Waals surface area contributed by atoms with E-state index in [0.717, 1.165) is 16.9 Å². The highest BCUT2D eigenvalue weighted by atomic mass is 16.2. The van der Waals surface area contributed by atoms with E-state index in [-0.39, 0.29) is 12.5 Å². The Morgan fingerprint density at radius 2 is 2.10 bits per heavy atom. The van der Waals surface area contributed by atoms with Gasteiger partial charge in [0.1, 0.15) is 0 Å². The topological polar surface area (TPSA) is 71.2 Å². The summed E-state index contributed by atoms with van der Waals surface area (Å²) in [5.41, 5.74) is 9.05. The Kier molecular flexibility index (Phi) is 4.20. The molecule has 0 spiro atoms. The van der Waals surface area contributed by atoms with Gasteiger partial charge in [0.15, 0.2) is 0 Å². The maximum Gasteiger partial charge on any atom is 0.243 e. The van der Waals surface area contributed by atoms with Crippen LogP contribution in [-0.4, -0.2) is 24.5 Å². The van der Waals surface area contributed by atoms with Crippen molar-refractivity contribution in [2.45, 2.75) is 6.92 Å². The van der Waals surface area contributed by atoms with Crippen molar-refractivity contribution >= 4 is 23.0 Å². The zero-order valence-corrected chi connectivity index (χ0v) is 11.6. The fraction of sp³-hybridized carbons (Fsp3) is 0.200. The van der Waals surface area contributed by atoms with Gasteiger partial charge in [-0.2, -0.15) is 0 Å². The molecule has 0 aliphatic heterocycles. The number of pyridine rings is 1. The van der Waals surface area contributed by atoms with Crippen LogP contribution < -0.4 is 16.0 Å². The summed E-state index contributed by atoms with van der Waals surface area (Å²) in [5, 5.41) is 2.89. The zero-order valence-electron chi connectivity index (χ0n) is 11.6. The lowest BCUT2D eigenvalue weighted by atomic mass is 10.2. The average molecular weight is 270 g/mol. The highest BCUT2D eigenvalue weighted by molar-refractivity contribution is 5.95. The van der Waals surface area contributed by atoms with Gasteiger partial charge in [0.25, 0.3) is 0 Å². The third-order valence-electron chi connectivity index (χ3n) is 3.04. The van der Waals surface area contributed by atoms with Crippen molar-refractivity contribution in [3.63, 3.8) is 0 Å². The summed E-state index contributed by atoms with van der Waals surface area (Å²) in [6.45, 7) is 2.18. The molecule has 1 aromatic heterocycles. The molecule has 1 amide bonds. The summed E-state index contributed by atoms with van der Waals surface area (Å²) in [6, 6.07) is 9.46. The van der Waals surface area contributed by atoms with Crippen molar-refractivity contribution in [3.05, 3.63) is 48.3 Å². The molecular weight excluding hydrogens is 252 g/mol. The Morgan fingerprint density at radius 3 is 2.80 bits per heavy atom. The van der Waals surface area contributed by atoms with E-state index in [1.165, 1.54) is 0 Å². The van der Waals surface area contributed by atoms with Crippen LogP contribution in [0.25, 0.3) is 0 Å². The molecule has 0 aliphatic carbocycles. The lowest BCUT2D eigenvalue weighted by Crippen LogP contribution is -2.30. The molecule has 0 aliphatic rings. The first-order valence-corrected chi connectivity index (χ1v) is 6.34. The van der Waals surface area contributed by atoms with Crippen LogP contribution in [-0.2, 0) is 4.79 Å². The van der Waals surface area contributed by atoms with Gasteiger partial charge < -0.3 is 16.0 Å². The molecule has 2 aromatic rings. The number of hydrogen-bond donors (Lipinski definition) is 2. The normalized spacial score (nSPS) is 10.1. The van der Waals surface area contributed by atoms with Gasteiger partial charge in [-0.1, -0.05) is 18.2 Å². The van der Waals surface area contributed by atoms with Gasteiger partial charge in [0, 0.05) is 18.9 Å². The average Bonchev–Trinajstić information content (AvgIpc) is 2.41. The summed E-state index contributed by atoms with van der Waals surface area (Å²) < 4.78 is 0. The number of benzene rings is 1. The first-order valence-electron chi connectivity index (χ1n) is 6.34. The number of nitrogen functional groups attached to an aromatic ring is 1. The van der Waals surface area contributed by atoms with E-state index in [4.69, 9.17) is 5.73 Å². The summed E-state index contributed by atoms with van der Waals surface area (Å²) in [6.07, 6.45) is 3.23. The third-order valence-corrected chi connectivity index (χ3v) is 3.04. The number of nitrogens with two attached hydrogens (primary N) is 1. The molecule has 20 heavy (non-hydrogen) atoms. The van der Waals surface area contributed by atoms with Crippen molar-refractivity contribution < 1.29 is 4.79 Å². The molecule has 2 rings (SSSR count). The number of amides is 1. The SMILES string of the molecule is Cc1ccccc1NC(=O)CN(C)c1ccncc1N. The Hall–Kier alpha value is -2.56. The predicted molar refractivity (Wildman–Crippen MR) is 81.7 cm³/mol. The van der Waals surface area contributed by atoms with E-state index in [9.17, 15) is 4.79 Å². The number of aromatic nitrogens is 1. The highest BCUT2D eigenvalue weighted by Gasteiger charge is 2.10. The second-order valence-corrected chi connectivity index (χ2v) is 4.65. The molecule has 3 N–H and O–H groups in total. The molecule has 0 saturated heterocycles. The number of anilines is 3. The molecule has 5 nitrogen and oxygen atoms in total. The van der Waals surface area contributed by atoms with Crippen LogP contribution in [0, 0.1) is 6.92 Å².